The maximum absolute atomic E-state index is 10.7. The quantitative estimate of drug-likeness (QED) is 0.755. The number of likely N-dealkylation sites (N-methyl/N-ethyl adjacent to an activating group) is 1. The number of aryl methyl sites for hydroxylation is 1. The van der Waals surface area contributed by atoms with Gasteiger partial charge in [-0.1, -0.05) is 0 Å². The van der Waals surface area contributed by atoms with E-state index >= 15 is 0 Å². The molecule has 0 amide bonds. The molecule has 1 N–H and O–H groups in total. The van der Waals surface area contributed by atoms with Crippen LogP contribution in [0.2, 0.25) is 0 Å². The maximum atomic E-state index is 10.7. The van der Waals surface area contributed by atoms with Crippen LogP contribution in [0.4, 0.5) is 0 Å². The van der Waals surface area contributed by atoms with Gasteiger partial charge in [-0.05, 0) is 14.0 Å². The first-order chi connectivity index (χ1) is 6.52. The zero-order valence-electron chi connectivity index (χ0n) is 8.64. The molecule has 1 atom stereocenters. The smallest absolute Gasteiger partial charge is 0.320 e. The van der Waals surface area contributed by atoms with E-state index in [4.69, 9.17) is 5.11 Å². The number of rotatable bonds is 4. The van der Waals surface area contributed by atoms with Crippen LogP contribution in [-0.4, -0.2) is 38.6 Å². The van der Waals surface area contributed by atoms with Crippen molar-refractivity contribution >= 4 is 5.97 Å². The summed E-state index contributed by atoms with van der Waals surface area (Å²) in [5.74, 6) is -0.810. The molecule has 0 fully saturated rings. The number of aliphatic carboxylic acids is 1. The molecule has 0 bridgehead atoms. The molecule has 0 aliphatic heterocycles. The van der Waals surface area contributed by atoms with Crippen molar-refractivity contribution in [2.45, 2.75) is 19.5 Å². The molecule has 5 nitrogen and oxygen atoms in total. The van der Waals surface area contributed by atoms with E-state index in [1.807, 2.05) is 11.6 Å². The Morgan fingerprint density at radius 3 is 2.86 bits per heavy atom. The summed E-state index contributed by atoms with van der Waals surface area (Å²) in [4.78, 5) is 16.4. The van der Waals surface area contributed by atoms with Crippen molar-refractivity contribution in [3.8, 4) is 0 Å². The lowest BCUT2D eigenvalue weighted by molar-refractivity contribution is -0.142. The third kappa shape index (κ3) is 2.32. The van der Waals surface area contributed by atoms with Crippen LogP contribution in [0, 0.1) is 0 Å². The summed E-state index contributed by atoms with van der Waals surface area (Å²) in [5.41, 5.74) is 1.00. The van der Waals surface area contributed by atoms with Gasteiger partial charge in [0.25, 0.3) is 0 Å². The van der Waals surface area contributed by atoms with Crippen LogP contribution in [0.15, 0.2) is 12.5 Å². The lowest BCUT2D eigenvalue weighted by atomic mass is 10.3. The second-order valence-corrected chi connectivity index (χ2v) is 3.43. The van der Waals surface area contributed by atoms with Gasteiger partial charge < -0.3 is 9.67 Å². The third-order valence-electron chi connectivity index (χ3n) is 2.35. The normalized spacial score (nSPS) is 13.1. The minimum absolute atomic E-state index is 0.482. The zero-order valence-corrected chi connectivity index (χ0v) is 8.64. The van der Waals surface area contributed by atoms with Crippen LogP contribution >= 0.6 is 0 Å². The maximum Gasteiger partial charge on any atom is 0.320 e. The predicted octanol–water partition coefficient (Wildman–Crippen LogP) is 0.325. The number of nitrogens with zero attached hydrogens (tertiary/aromatic N) is 3. The summed E-state index contributed by atoms with van der Waals surface area (Å²) in [6, 6.07) is -0.482. The van der Waals surface area contributed by atoms with Crippen molar-refractivity contribution in [1.29, 1.82) is 0 Å². The second-order valence-electron chi connectivity index (χ2n) is 3.43. The van der Waals surface area contributed by atoms with Crippen molar-refractivity contribution < 1.29 is 9.90 Å². The summed E-state index contributed by atoms with van der Waals surface area (Å²) in [7, 11) is 3.67. The van der Waals surface area contributed by atoms with E-state index in [0.29, 0.717) is 6.54 Å². The van der Waals surface area contributed by atoms with Gasteiger partial charge in [0, 0.05) is 19.8 Å². The van der Waals surface area contributed by atoms with Gasteiger partial charge >= 0.3 is 5.97 Å². The molecule has 1 heterocycles. The number of hydrogen-bond acceptors (Lipinski definition) is 3. The molecule has 1 aromatic rings. The number of aromatic nitrogens is 2. The molecule has 0 saturated carbocycles. The fourth-order valence-electron chi connectivity index (χ4n) is 1.12. The highest BCUT2D eigenvalue weighted by Gasteiger charge is 2.17. The van der Waals surface area contributed by atoms with E-state index in [9.17, 15) is 4.79 Å². The minimum atomic E-state index is -0.810. The van der Waals surface area contributed by atoms with Crippen molar-refractivity contribution in [2.24, 2.45) is 7.05 Å². The molecular weight excluding hydrogens is 182 g/mol. The zero-order chi connectivity index (χ0) is 10.7. The third-order valence-corrected chi connectivity index (χ3v) is 2.35. The molecule has 5 heteroatoms. The highest BCUT2D eigenvalue weighted by molar-refractivity contribution is 5.72. The van der Waals surface area contributed by atoms with Gasteiger partial charge in [-0.25, -0.2) is 4.98 Å². The summed E-state index contributed by atoms with van der Waals surface area (Å²) in [5, 5.41) is 8.79. The number of carbonyl (C=O) groups is 1. The lowest BCUT2D eigenvalue weighted by Crippen LogP contribution is -2.35. The number of hydrogen-bond donors (Lipinski definition) is 1. The summed E-state index contributed by atoms with van der Waals surface area (Å²) in [6.45, 7) is 2.25. The fraction of sp³-hybridized carbons (Fsp3) is 0.556. The molecule has 0 aliphatic carbocycles. The van der Waals surface area contributed by atoms with Crippen LogP contribution < -0.4 is 0 Å². The van der Waals surface area contributed by atoms with Crippen molar-refractivity contribution in [2.75, 3.05) is 7.05 Å². The average Bonchev–Trinajstić information content (AvgIpc) is 2.50. The molecule has 0 aliphatic rings. The van der Waals surface area contributed by atoms with E-state index in [1.165, 1.54) is 0 Å². The molecule has 1 unspecified atom stereocenters. The van der Waals surface area contributed by atoms with Gasteiger partial charge in [-0.15, -0.1) is 0 Å². The Morgan fingerprint density at radius 2 is 2.43 bits per heavy atom. The Morgan fingerprint density at radius 1 is 1.79 bits per heavy atom. The Bertz CT molecular complexity index is 322. The monoisotopic (exact) mass is 197 g/mol. The minimum Gasteiger partial charge on any atom is -0.480 e. The first-order valence-electron chi connectivity index (χ1n) is 4.40. The molecule has 14 heavy (non-hydrogen) atoms. The first kappa shape index (κ1) is 10.7. The number of imidazole rings is 1. The van der Waals surface area contributed by atoms with E-state index in [2.05, 4.69) is 4.98 Å². The molecule has 0 aromatic carbocycles. The summed E-state index contributed by atoms with van der Waals surface area (Å²) < 4.78 is 1.88. The van der Waals surface area contributed by atoms with E-state index < -0.39 is 12.0 Å². The molecule has 0 radical (unpaired) electrons. The first-order valence-corrected chi connectivity index (χ1v) is 4.40. The Balaban J connectivity index is 2.61. The lowest BCUT2D eigenvalue weighted by Gasteiger charge is -2.20. The van der Waals surface area contributed by atoms with E-state index in [-0.39, 0.29) is 0 Å². The van der Waals surface area contributed by atoms with Crippen molar-refractivity contribution in [3.05, 3.63) is 18.2 Å². The molecule has 0 saturated heterocycles. The topological polar surface area (TPSA) is 58.4 Å². The molecule has 0 spiro atoms. The van der Waals surface area contributed by atoms with Gasteiger partial charge in [-0.2, -0.15) is 0 Å². The van der Waals surface area contributed by atoms with E-state index in [0.717, 1.165) is 5.69 Å². The Labute approximate surface area is 83.0 Å². The van der Waals surface area contributed by atoms with Gasteiger partial charge in [0.05, 0.1) is 12.0 Å². The SMILES string of the molecule is CC(C(=O)O)N(C)Cc1cncn1C. The van der Waals surface area contributed by atoms with Crippen molar-refractivity contribution in [1.82, 2.24) is 14.5 Å². The molecule has 1 rings (SSSR count). The van der Waals surface area contributed by atoms with Crippen LogP contribution in [0.3, 0.4) is 0 Å². The number of carboxylic acid groups (broad SMARTS) is 1. The van der Waals surface area contributed by atoms with Gasteiger partial charge in [0.15, 0.2) is 0 Å². The standard InChI is InChI=1S/C9H15N3O2/c1-7(9(13)14)11(2)5-8-4-10-6-12(8)3/h4,6-7H,5H2,1-3H3,(H,13,14). The largest absolute Gasteiger partial charge is 0.480 e. The molecule has 78 valence electrons. The van der Waals surface area contributed by atoms with Crippen molar-refractivity contribution in [3.63, 3.8) is 0 Å². The van der Waals surface area contributed by atoms with Gasteiger partial charge in [0.1, 0.15) is 6.04 Å². The summed E-state index contributed by atoms with van der Waals surface area (Å²) in [6.07, 6.45) is 3.44. The number of carboxylic acids is 1. The van der Waals surface area contributed by atoms with Crippen LogP contribution in [0.25, 0.3) is 0 Å². The van der Waals surface area contributed by atoms with Gasteiger partial charge in [0.2, 0.25) is 0 Å². The fourth-order valence-corrected chi connectivity index (χ4v) is 1.12. The molecule has 1 aromatic heterocycles. The predicted molar refractivity (Wildman–Crippen MR) is 51.8 cm³/mol. The highest BCUT2D eigenvalue weighted by atomic mass is 16.4. The highest BCUT2D eigenvalue weighted by Crippen LogP contribution is 2.04. The molecular formula is C9H15N3O2. The Hall–Kier alpha value is -1.36. The van der Waals surface area contributed by atoms with Crippen LogP contribution in [0.1, 0.15) is 12.6 Å². The second kappa shape index (κ2) is 4.23. The van der Waals surface area contributed by atoms with Crippen LogP contribution in [-0.2, 0) is 18.4 Å². The Kier molecular flexibility index (Phi) is 3.24. The van der Waals surface area contributed by atoms with Crippen LogP contribution in [0.5, 0.6) is 0 Å². The van der Waals surface area contributed by atoms with E-state index in [1.54, 1.807) is 31.4 Å². The summed E-state index contributed by atoms with van der Waals surface area (Å²) >= 11 is 0. The average molecular weight is 197 g/mol. The van der Waals surface area contributed by atoms with Gasteiger partial charge in [-0.3, -0.25) is 9.69 Å².